The van der Waals surface area contributed by atoms with Gasteiger partial charge in [-0.1, -0.05) is 140 Å². The number of para-hydroxylation sites is 2. The van der Waals surface area contributed by atoms with Crippen molar-refractivity contribution in [1.82, 2.24) is 19.5 Å². The van der Waals surface area contributed by atoms with E-state index in [-0.39, 0.29) is 0 Å². The molecule has 0 aliphatic rings. The van der Waals surface area contributed by atoms with E-state index in [9.17, 15) is 0 Å². The number of aromatic nitrogens is 4. The van der Waals surface area contributed by atoms with Gasteiger partial charge in [0.15, 0.2) is 17.5 Å². The van der Waals surface area contributed by atoms with E-state index in [4.69, 9.17) is 15.0 Å². The van der Waals surface area contributed by atoms with Crippen molar-refractivity contribution in [1.29, 1.82) is 0 Å². The third-order valence-corrected chi connectivity index (χ3v) is 9.60. The zero-order chi connectivity index (χ0) is 32.3. The minimum Gasteiger partial charge on any atom is -0.308 e. The van der Waals surface area contributed by atoms with Crippen molar-refractivity contribution in [2.45, 2.75) is 0 Å². The van der Waals surface area contributed by atoms with Crippen LogP contribution in [0.25, 0.3) is 94.0 Å². The van der Waals surface area contributed by atoms with Gasteiger partial charge >= 0.3 is 0 Å². The highest BCUT2D eigenvalue weighted by molar-refractivity contribution is 6.13. The fraction of sp³-hybridized carbons (Fsp3) is 0. The molecular weight excluding hydrogens is 597 g/mol. The Morgan fingerprint density at radius 2 is 0.796 bits per heavy atom. The second kappa shape index (κ2) is 11.0. The van der Waals surface area contributed by atoms with Crippen molar-refractivity contribution < 1.29 is 0 Å². The first kappa shape index (κ1) is 27.5. The van der Waals surface area contributed by atoms with E-state index in [2.05, 4.69) is 156 Å². The van der Waals surface area contributed by atoms with E-state index < -0.39 is 0 Å². The first-order valence-corrected chi connectivity index (χ1v) is 16.5. The molecule has 0 amide bonds. The molecule has 10 aromatic rings. The van der Waals surface area contributed by atoms with Gasteiger partial charge in [-0.25, -0.2) is 15.0 Å². The average Bonchev–Trinajstić information content (AvgIpc) is 3.51. The summed E-state index contributed by atoms with van der Waals surface area (Å²) in [5.41, 5.74) is 6.16. The molecule has 4 nitrogen and oxygen atoms in total. The Morgan fingerprint density at radius 1 is 0.327 bits per heavy atom. The highest BCUT2D eigenvalue weighted by atomic mass is 15.1. The zero-order valence-electron chi connectivity index (χ0n) is 26.5. The molecule has 0 N–H and O–H groups in total. The average molecular weight is 625 g/mol. The summed E-state index contributed by atoms with van der Waals surface area (Å²) in [4.78, 5) is 15.8. The molecule has 0 radical (unpaired) electrons. The Bertz CT molecular complexity index is 2830. The van der Waals surface area contributed by atoms with Crippen LogP contribution in [-0.4, -0.2) is 19.5 Å². The summed E-state index contributed by atoms with van der Waals surface area (Å²) in [5, 5.41) is 9.34. The summed E-state index contributed by atoms with van der Waals surface area (Å²) < 4.78 is 2.36. The van der Waals surface area contributed by atoms with Crippen LogP contribution in [0.1, 0.15) is 0 Å². The Labute approximate surface area is 282 Å². The molecule has 0 saturated heterocycles. The predicted octanol–water partition coefficient (Wildman–Crippen LogP) is 11.4. The molecule has 49 heavy (non-hydrogen) atoms. The van der Waals surface area contributed by atoms with Crippen LogP contribution >= 0.6 is 0 Å². The van der Waals surface area contributed by atoms with Crippen LogP contribution in [0.5, 0.6) is 0 Å². The van der Waals surface area contributed by atoms with Gasteiger partial charge in [-0.3, -0.25) is 0 Å². The summed E-state index contributed by atoms with van der Waals surface area (Å²) >= 11 is 0. The van der Waals surface area contributed by atoms with Gasteiger partial charge < -0.3 is 4.57 Å². The van der Waals surface area contributed by atoms with E-state index in [0.717, 1.165) is 55.0 Å². The molecule has 10 rings (SSSR count). The Morgan fingerprint density at radius 3 is 1.49 bits per heavy atom. The molecule has 0 atom stereocenters. The smallest absolute Gasteiger partial charge is 0.166 e. The van der Waals surface area contributed by atoms with Crippen molar-refractivity contribution in [2.75, 3.05) is 0 Å². The van der Waals surface area contributed by atoms with Crippen LogP contribution in [-0.2, 0) is 0 Å². The van der Waals surface area contributed by atoms with Crippen molar-refractivity contribution in [3.63, 3.8) is 0 Å². The van der Waals surface area contributed by atoms with E-state index in [1.54, 1.807) is 0 Å². The first-order valence-electron chi connectivity index (χ1n) is 16.5. The molecule has 0 aliphatic carbocycles. The van der Waals surface area contributed by atoms with Gasteiger partial charge in [0.25, 0.3) is 0 Å². The van der Waals surface area contributed by atoms with E-state index >= 15 is 0 Å². The normalized spacial score (nSPS) is 11.7. The number of hydrogen-bond acceptors (Lipinski definition) is 3. The Kier molecular flexibility index (Phi) is 6.15. The zero-order valence-corrected chi connectivity index (χ0v) is 26.5. The molecule has 0 bridgehead atoms. The highest BCUT2D eigenvalue weighted by Crippen LogP contribution is 2.39. The van der Waals surface area contributed by atoms with Crippen LogP contribution in [0.15, 0.2) is 170 Å². The number of hydrogen-bond donors (Lipinski definition) is 0. The maximum atomic E-state index is 5.36. The van der Waals surface area contributed by atoms with Crippen LogP contribution < -0.4 is 0 Å². The SMILES string of the molecule is c1ccc(-c2nc(-c3cc4ccccc4cc3-n3c4ccccc4c4ccccc43)nc(-c3cc4ccccc4c4ccccc34)n2)cc1. The summed E-state index contributed by atoms with van der Waals surface area (Å²) in [6, 6.07) is 59.8. The molecule has 2 heterocycles. The van der Waals surface area contributed by atoms with Crippen LogP contribution in [0, 0.1) is 0 Å². The molecule has 0 aliphatic heterocycles. The van der Waals surface area contributed by atoms with Gasteiger partial charge in [0.2, 0.25) is 0 Å². The van der Waals surface area contributed by atoms with Crippen LogP contribution in [0.4, 0.5) is 0 Å². The van der Waals surface area contributed by atoms with Gasteiger partial charge in [0.05, 0.1) is 16.7 Å². The fourth-order valence-corrected chi connectivity index (χ4v) is 7.35. The fourth-order valence-electron chi connectivity index (χ4n) is 7.35. The second-order valence-electron chi connectivity index (χ2n) is 12.4. The first-order chi connectivity index (χ1) is 24.3. The van der Waals surface area contributed by atoms with Crippen molar-refractivity contribution in [3.8, 4) is 39.9 Å². The molecule has 2 aromatic heterocycles. The summed E-state index contributed by atoms with van der Waals surface area (Å²) in [6.07, 6.45) is 0. The summed E-state index contributed by atoms with van der Waals surface area (Å²) in [6.45, 7) is 0. The van der Waals surface area contributed by atoms with E-state index in [1.807, 2.05) is 18.2 Å². The number of rotatable bonds is 4. The molecule has 0 unspecified atom stereocenters. The van der Waals surface area contributed by atoms with Gasteiger partial charge in [0, 0.05) is 27.5 Å². The van der Waals surface area contributed by atoms with Crippen molar-refractivity contribution in [3.05, 3.63) is 170 Å². The summed E-state index contributed by atoms with van der Waals surface area (Å²) in [5.74, 6) is 1.91. The second-order valence-corrected chi connectivity index (χ2v) is 12.4. The van der Waals surface area contributed by atoms with Gasteiger partial charge in [-0.2, -0.15) is 0 Å². The third kappa shape index (κ3) is 4.42. The van der Waals surface area contributed by atoms with Gasteiger partial charge in [0.1, 0.15) is 0 Å². The number of nitrogens with zero attached hydrogens (tertiary/aromatic N) is 4. The van der Waals surface area contributed by atoms with E-state index in [1.165, 1.54) is 21.5 Å². The minimum absolute atomic E-state index is 0.628. The van der Waals surface area contributed by atoms with Gasteiger partial charge in [-0.05, 0) is 62.6 Å². The minimum atomic E-state index is 0.628. The standard InChI is InChI=1S/C45H28N4/c1-2-14-29(15-3-1)43-46-44(38-27-32-18-6-7-19-33(32)34-20-8-9-21-35(34)38)48-45(47-43)39-26-30-16-4-5-17-31(30)28-42(39)49-40-24-12-10-22-36(40)37-23-11-13-25-41(37)49/h1-28H. The lowest BCUT2D eigenvalue weighted by Gasteiger charge is -2.16. The van der Waals surface area contributed by atoms with Gasteiger partial charge in [-0.15, -0.1) is 0 Å². The lowest BCUT2D eigenvalue weighted by Crippen LogP contribution is -2.04. The molecule has 4 heteroatoms. The molecular formula is C45H28N4. The Hall–Kier alpha value is -6.65. The molecule has 0 saturated carbocycles. The molecule has 8 aromatic carbocycles. The summed E-state index contributed by atoms with van der Waals surface area (Å²) in [7, 11) is 0. The number of benzene rings is 8. The molecule has 0 fully saturated rings. The third-order valence-electron chi connectivity index (χ3n) is 9.60. The number of fused-ring (bicyclic) bond motifs is 7. The van der Waals surface area contributed by atoms with E-state index in [0.29, 0.717) is 17.5 Å². The lowest BCUT2D eigenvalue weighted by atomic mass is 9.96. The Balaban J connectivity index is 1.32. The maximum absolute atomic E-state index is 5.36. The molecule has 228 valence electrons. The topological polar surface area (TPSA) is 43.6 Å². The highest BCUT2D eigenvalue weighted by Gasteiger charge is 2.21. The predicted molar refractivity (Wildman–Crippen MR) is 203 cm³/mol. The quantitative estimate of drug-likeness (QED) is 0.183. The largest absolute Gasteiger partial charge is 0.308 e. The lowest BCUT2D eigenvalue weighted by molar-refractivity contribution is 1.07. The molecule has 0 spiro atoms. The monoisotopic (exact) mass is 624 g/mol. The van der Waals surface area contributed by atoms with Crippen LogP contribution in [0.2, 0.25) is 0 Å². The maximum Gasteiger partial charge on any atom is 0.166 e. The van der Waals surface area contributed by atoms with Crippen molar-refractivity contribution >= 4 is 54.1 Å². The van der Waals surface area contributed by atoms with Crippen LogP contribution in [0.3, 0.4) is 0 Å². The van der Waals surface area contributed by atoms with Crippen molar-refractivity contribution in [2.24, 2.45) is 0 Å².